The van der Waals surface area contributed by atoms with E-state index in [0.717, 1.165) is 18.1 Å². The first-order valence-corrected chi connectivity index (χ1v) is 6.29. The molecule has 0 bridgehead atoms. The molecule has 17 heavy (non-hydrogen) atoms. The van der Waals surface area contributed by atoms with Gasteiger partial charge < -0.3 is 10.2 Å². The second kappa shape index (κ2) is 7.22. The second-order valence-corrected chi connectivity index (χ2v) is 4.97. The van der Waals surface area contributed by atoms with Crippen molar-refractivity contribution in [2.24, 2.45) is 0 Å². The zero-order valence-corrected chi connectivity index (χ0v) is 11.7. The van der Waals surface area contributed by atoms with Gasteiger partial charge in [-0.2, -0.15) is 0 Å². The largest absolute Gasteiger partial charge is 0.311 e. The van der Waals surface area contributed by atoms with Crippen LogP contribution >= 0.6 is 24.0 Å². The van der Waals surface area contributed by atoms with E-state index < -0.39 is 0 Å². The molecule has 1 aliphatic rings. The van der Waals surface area contributed by atoms with Crippen LogP contribution in [0.3, 0.4) is 0 Å². The van der Waals surface area contributed by atoms with Crippen LogP contribution in [0.1, 0.15) is 18.4 Å². The Balaban J connectivity index is 0.00000144. The van der Waals surface area contributed by atoms with E-state index >= 15 is 0 Å². The number of nitrogens with zero attached hydrogens (tertiary/aromatic N) is 1. The smallest absolute Gasteiger partial charge is 0.0406 e. The lowest BCUT2D eigenvalue weighted by atomic mass is 10.2. The lowest BCUT2D eigenvalue weighted by Crippen LogP contribution is -2.35. The maximum Gasteiger partial charge on any atom is 0.0406 e. The summed E-state index contributed by atoms with van der Waals surface area (Å²) >= 11 is 5.84. The highest BCUT2D eigenvalue weighted by atomic mass is 35.5. The Labute approximate surface area is 115 Å². The molecule has 0 aromatic heterocycles. The molecule has 0 aliphatic carbocycles. The number of halogens is 2. The van der Waals surface area contributed by atoms with E-state index in [9.17, 15) is 0 Å². The number of likely N-dealkylation sites (tertiary alicyclic amines) is 1. The topological polar surface area (TPSA) is 15.3 Å². The summed E-state index contributed by atoms with van der Waals surface area (Å²) in [5.74, 6) is 0. The van der Waals surface area contributed by atoms with Crippen LogP contribution in [0.15, 0.2) is 24.3 Å². The summed E-state index contributed by atoms with van der Waals surface area (Å²) in [7, 11) is 2.21. The average Bonchev–Trinajstić information content (AvgIpc) is 2.68. The molecule has 0 radical (unpaired) electrons. The summed E-state index contributed by atoms with van der Waals surface area (Å²) in [4.78, 5) is 2.44. The Morgan fingerprint density at radius 2 is 2.06 bits per heavy atom. The number of hydrogen-bond acceptors (Lipinski definition) is 2. The van der Waals surface area contributed by atoms with Crippen molar-refractivity contribution in [3.05, 3.63) is 34.9 Å². The Morgan fingerprint density at radius 1 is 1.35 bits per heavy atom. The highest BCUT2D eigenvalue weighted by Crippen LogP contribution is 2.14. The summed E-state index contributed by atoms with van der Waals surface area (Å²) in [6, 6.07) is 8.76. The molecule has 1 N–H and O–H groups in total. The highest BCUT2D eigenvalue weighted by molar-refractivity contribution is 6.30. The Hall–Kier alpha value is -0.280. The third kappa shape index (κ3) is 4.47. The molecule has 0 spiro atoms. The SMILES string of the molecule is CN1CCCC1CNCc1ccc(Cl)cc1.Cl. The van der Waals surface area contributed by atoms with Gasteiger partial charge in [0.25, 0.3) is 0 Å². The van der Waals surface area contributed by atoms with Crippen molar-refractivity contribution >= 4 is 24.0 Å². The van der Waals surface area contributed by atoms with Crippen molar-refractivity contribution < 1.29 is 0 Å². The van der Waals surface area contributed by atoms with Gasteiger partial charge in [0, 0.05) is 24.2 Å². The fourth-order valence-electron chi connectivity index (χ4n) is 2.22. The Morgan fingerprint density at radius 3 is 2.65 bits per heavy atom. The molecular formula is C13H20Cl2N2. The fourth-order valence-corrected chi connectivity index (χ4v) is 2.35. The average molecular weight is 275 g/mol. The maximum atomic E-state index is 5.84. The van der Waals surface area contributed by atoms with Crippen LogP contribution in [0.25, 0.3) is 0 Å². The summed E-state index contributed by atoms with van der Waals surface area (Å²) in [5.41, 5.74) is 1.30. The molecule has 1 aromatic carbocycles. The van der Waals surface area contributed by atoms with Gasteiger partial charge in [0.2, 0.25) is 0 Å². The van der Waals surface area contributed by atoms with Gasteiger partial charge >= 0.3 is 0 Å². The lowest BCUT2D eigenvalue weighted by Gasteiger charge is -2.19. The number of rotatable bonds is 4. The zero-order chi connectivity index (χ0) is 11.4. The number of likely N-dealkylation sites (N-methyl/N-ethyl adjacent to an activating group) is 1. The van der Waals surface area contributed by atoms with Crippen LogP contribution in [-0.4, -0.2) is 31.1 Å². The normalized spacial score (nSPS) is 20.2. The van der Waals surface area contributed by atoms with Crippen molar-refractivity contribution in [1.29, 1.82) is 0 Å². The van der Waals surface area contributed by atoms with Gasteiger partial charge in [0.05, 0.1) is 0 Å². The van der Waals surface area contributed by atoms with E-state index in [1.54, 1.807) is 0 Å². The molecule has 0 amide bonds. The first kappa shape index (κ1) is 14.8. The summed E-state index contributed by atoms with van der Waals surface area (Å²) in [6.45, 7) is 3.26. The zero-order valence-electron chi connectivity index (χ0n) is 10.2. The van der Waals surface area contributed by atoms with Crippen molar-refractivity contribution in [3.63, 3.8) is 0 Å². The second-order valence-electron chi connectivity index (χ2n) is 4.53. The van der Waals surface area contributed by atoms with Crippen molar-refractivity contribution in [2.75, 3.05) is 20.1 Å². The minimum Gasteiger partial charge on any atom is -0.311 e. The lowest BCUT2D eigenvalue weighted by molar-refractivity contribution is 0.300. The quantitative estimate of drug-likeness (QED) is 0.909. The molecule has 2 rings (SSSR count). The van der Waals surface area contributed by atoms with Gasteiger partial charge in [-0.3, -0.25) is 0 Å². The van der Waals surface area contributed by atoms with E-state index in [0.29, 0.717) is 6.04 Å². The van der Waals surface area contributed by atoms with Gasteiger partial charge in [0.15, 0.2) is 0 Å². The molecule has 96 valence electrons. The predicted molar refractivity (Wildman–Crippen MR) is 76.1 cm³/mol. The van der Waals surface area contributed by atoms with Crippen LogP contribution in [-0.2, 0) is 6.54 Å². The predicted octanol–water partition coefficient (Wildman–Crippen LogP) is 2.95. The number of hydrogen-bond donors (Lipinski definition) is 1. The van der Waals surface area contributed by atoms with E-state index in [2.05, 4.69) is 29.4 Å². The van der Waals surface area contributed by atoms with Gasteiger partial charge in [-0.15, -0.1) is 12.4 Å². The molecule has 1 heterocycles. The van der Waals surface area contributed by atoms with Gasteiger partial charge in [0.1, 0.15) is 0 Å². The molecule has 1 fully saturated rings. The van der Waals surface area contributed by atoms with Gasteiger partial charge in [-0.05, 0) is 44.1 Å². The minimum atomic E-state index is 0. The van der Waals surface area contributed by atoms with E-state index in [-0.39, 0.29) is 12.4 Å². The van der Waals surface area contributed by atoms with E-state index in [1.165, 1.54) is 24.9 Å². The summed E-state index contributed by atoms with van der Waals surface area (Å²) in [6.07, 6.45) is 2.66. The van der Waals surface area contributed by atoms with E-state index in [4.69, 9.17) is 11.6 Å². The highest BCUT2D eigenvalue weighted by Gasteiger charge is 2.19. The molecular weight excluding hydrogens is 255 g/mol. The van der Waals surface area contributed by atoms with Crippen LogP contribution < -0.4 is 5.32 Å². The van der Waals surface area contributed by atoms with Crippen molar-refractivity contribution in [2.45, 2.75) is 25.4 Å². The molecule has 1 aromatic rings. The minimum absolute atomic E-state index is 0. The maximum absolute atomic E-state index is 5.84. The Kier molecular flexibility index (Phi) is 6.28. The van der Waals surface area contributed by atoms with Crippen molar-refractivity contribution in [1.82, 2.24) is 10.2 Å². The Bertz CT molecular complexity index is 327. The summed E-state index contributed by atoms with van der Waals surface area (Å²) in [5, 5.41) is 4.31. The first-order chi connectivity index (χ1) is 7.75. The first-order valence-electron chi connectivity index (χ1n) is 5.91. The third-order valence-electron chi connectivity index (χ3n) is 3.29. The molecule has 1 aliphatic heterocycles. The summed E-state index contributed by atoms with van der Waals surface area (Å²) < 4.78 is 0. The molecule has 4 heteroatoms. The molecule has 0 saturated carbocycles. The van der Waals surface area contributed by atoms with Crippen LogP contribution in [0, 0.1) is 0 Å². The monoisotopic (exact) mass is 274 g/mol. The van der Waals surface area contributed by atoms with E-state index in [1.807, 2.05) is 12.1 Å². The number of nitrogens with one attached hydrogen (secondary N) is 1. The molecule has 1 unspecified atom stereocenters. The van der Waals surface area contributed by atoms with Crippen molar-refractivity contribution in [3.8, 4) is 0 Å². The molecule has 1 saturated heterocycles. The fraction of sp³-hybridized carbons (Fsp3) is 0.538. The molecule has 1 atom stereocenters. The van der Waals surface area contributed by atoms with Crippen LogP contribution in [0.5, 0.6) is 0 Å². The molecule has 2 nitrogen and oxygen atoms in total. The van der Waals surface area contributed by atoms with Gasteiger partial charge in [-0.1, -0.05) is 23.7 Å². The van der Waals surface area contributed by atoms with Gasteiger partial charge in [-0.25, -0.2) is 0 Å². The van der Waals surface area contributed by atoms with Crippen LogP contribution in [0.4, 0.5) is 0 Å². The third-order valence-corrected chi connectivity index (χ3v) is 3.55. The number of benzene rings is 1. The van der Waals surface area contributed by atoms with Crippen LogP contribution in [0.2, 0.25) is 5.02 Å². The standard InChI is InChI=1S/C13H19ClN2.ClH/c1-16-8-2-3-13(16)10-15-9-11-4-6-12(14)7-5-11;/h4-7,13,15H,2-3,8-10H2,1H3;1H.